The number of hydrogen-bond donors (Lipinski definition) is 1. The minimum atomic E-state index is -1.07. The van der Waals surface area contributed by atoms with Crippen LogP contribution in [0.5, 0.6) is 17.5 Å². The molecule has 1 N–H and O–H groups in total. The maximum absolute atomic E-state index is 9.70. The SMILES string of the molecule is COc1nc(Oc2cc(Cl)c3c(c2)COB3O)c(C#N)cc1C#N. The monoisotopic (exact) mass is 341 g/mol. The van der Waals surface area contributed by atoms with Crippen LogP contribution < -0.4 is 14.9 Å². The molecule has 1 aromatic heterocycles. The Morgan fingerprint density at radius 1 is 1.25 bits per heavy atom. The van der Waals surface area contributed by atoms with Crippen molar-refractivity contribution >= 4 is 24.2 Å². The third-order valence-corrected chi connectivity index (χ3v) is 3.75. The minimum absolute atomic E-state index is 0.0103. The molecule has 0 unspecified atom stereocenters. The molecule has 0 aliphatic carbocycles. The molecular weight excluding hydrogens is 332 g/mol. The van der Waals surface area contributed by atoms with Crippen molar-refractivity contribution in [1.82, 2.24) is 4.98 Å². The molecule has 0 atom stereocenters. The van der Waals surface area contributed by atoms with E-state index in [0.717, 1.165) is 0 Å². The fourth-order valence-corrected chi connectivity index (χ4v) is 2.66. The van der Waals surface area contributed by atoms with Crippen molar-refractivity contribution in [3.63, 3.8) is 0 Å². The summed E-state index contributed by atoms with van der Waals surface area (Å²) in [6.45, 7) is 0.197. The van der Waals surface area contributed by atoms with E-state index in [1.54, 1.807) is 6.07 Å². The van der Waals surface area contributed by atoms with Crippen LogP contribution in [0, 0.1) is 22.7 Å². The van der Waals surface area contributed by atoms with E-state index >= 15 is 0 Å². The summed E-state index contributed by atoms with van der Waals surface area (Å²) in [6, 6.07) is 8.30. The number of aromatic nitrogens is 1. The molecule has 0 saturated heterocycles. The number of methoxy groups -OCH3 is 1. The van der Waals surface area contributed by atoms with Gasteiger partial charge >= 0.3 is 7.12 Å². The molecule has 0 amide bonds. The summed E-state index contributed by atoms with van der Waals surface area (Å²) in [5.41, 5.74) is 1.39. The number of ether oxygens (including phenoxy) is 2. The summed E-state index contributed by atoms with van der Waals surface area (Å²) in [7, 11) is 0.300. The fraction of sp³-hybridized carbons (Fsp3) is 0.133. The third kappa shape index (κ3) is 2.75. The first-order valence-electron chi connectivity index (χ1n) is 6.76. The number of nitrogens with zero attached hydrogens (tertiary/aromatic N) is 3. The van der Waals surface area contributed by atoms with Crippen molar-refractivity contribution in [2.45, 2.75) is 6.61 Å². The second kappa shape index (κ2) is 6.38. The fourth-order valence-electron chi connectivity index (χ4n) is 2.34. The van der Waals surface area contributed by atoms with Gasteiger partial charge in [0.1, 0.15) is 29.0 Å². The molecule has 0 spiro atoms. The predicted octanol–water partition coefficient (Wildman–Crippen LogP) is 1.50. The lowest BCUT2D eigenvalue weighted by Crippen LogP contribution is -2.29. The quantitative estimate of drug-likeness (QED) is 0.842. The Balaban J connectivity index is 2.02. The van der Waals surface area contributed by atoms with Crippen LogP contribution in [0.2, 0.25) is 5.02 Å². The van der Waals surface area contributed by atoms with Crippen LogP contribution >= 0.6 is 11.6 Å². The zero-order valence-electron chi connectivity index (χ0n) is 12.4. The highest BCUT2D eigenvalue weighted by Crippen LogP contribution is 2.31. The zero-order chi connectivity index (χ0) is 17.3. The lowest BCUT2D eigenvalue weighted by molar-refractivity contribution is 0.275. The highest BCUT2D eigenvalue weighted by molar-refractivity contribution is 6.65. The molecule has 24 heavy (non-hydrogen) atoms. The molecule has 1 aliphatic heterocycles. The zero-order valence-corrected chi connectivity index (χ0v) is 13.2. The van der Waals surface area contributed by atoms with E-state index in [-0.39, 0.29) is 34.5 Å². The van der Waals surface area contributed by atoms with E-state index in [2.05, 4.69) is 4.98 Å². The second-order valence-electron chi connectivity index (χ2n) is 4.86. The number of fused-ring (bicyclic) bond motifs is 1. The minimum Gasteiger partial charge on any atom is -0.480 e. The molecule has 7 nitrogen and oxygen atoms in total. The Kier molecular flexibility index (Phi) is 4.28. The molecule has 0 fully saturated rings. The van der Waals surface area contributed by atoms with Gasteiger partial charge in [-0.15, -0.1) is 0 Å². The van der Waals surface area contributed by atoms with E-state index < -0.39 is 7.12 Å². The topological polar surface area (TPSA) is 108 Å². The number of benzene rings is 1. The average Bonchev–Trinajstić information content (AvgIpc) is 2.95. The summed E-state index contributed by atoms with van der Waals surface area (Å²) >= 11 is 6.14. The molecule has 0 saturated carbocycles. The molecular formula is C15H9BClN3O4. The number of pyridine rings is 1. The van der Waals surface area contributed by atoms with E-state index in [9.17, 15) is 10.3 Å². The van der Waals surface area contributed by atoms with Crippen LogP contribution in [0.4, 0.5) is 0 Å². The van der Waals surface area contributed by atoms with Crippen molar-refractivity contribution in [3.8, 4) is 29.6 Å². The van der Waals surface area contributed by atoms with E-state index in [1.165, 1.54) is 19.2 Å². The van der Waals surface area contributed by atoms with E-state index in [4.69, 9.17) is 31.0 Å². The lowest BCUT2D eigenvalue weighted by Gasteiger charge is -2.11. The van der Waals surface area contributed by atoms with Gasteiger partial charge in [-0.1, -0.05) is 11.6 Å². The van der Waals surface area contributed by atoms with Gasteiger partial charge in [0.15, 0.2) is 0 Å². The molecule has 9 heteroatoms. The van der Waals surface area contributed by atoms with Crippen LogP contribution in [0.3, 0.4) is 0 Å². The molecule has 1 aromatic carbocycles. The highest BCUT2D eigenvalue weighted by atomic mass is 35.5. The first-order chi connectivity index (χ1) is 11.6. The Morgan fingerprint density at radius 3 is 2.62 bits per heavy atom. The average molecular weight is 342 g/mol. The first-order valence-corrected chi connectivity index (χ1v) is 7.14. The van der Waals surface area contributed by atoms with Gasteiger partial charge in [-0.25, -0.2) is 0 Å². The van der Waals surface area contributed by atoms with Crippen LogP contribution in [0.25, 0.3) is 0 Å². The van der Waals surface area contributed by atoms with Gasteiger partial charge in [0.25, 0.3) is 0 Å². The number of hydrogen-bond acceptors (Lipinski definition) is 7. The Morgan fingerprint density at radius 2 is 1.96 bits per heavy atom. The molecule has 3 rings (SSSR count). The Labute approximate surface area is 142 Å². The predicted molar refractivity (Wildman–Crippen MR) is 84.1 cm³/mol. The lowest BCUT2D eigenvalue weighted by atomic mass is 9.79. The number of halogens is 1. The standard InChI is InChI=1S/C15H9BClN3O4/c1-22-14-8(5-18)2-9(6-19)15(20-14)24-11-3-10-7-23-16(21)13(10)12(17)4-11/h2-4,21H,7H2,1H3. The molecule has 1 aliphatic rings. The normalized spacial score (nSPS) is 12.3. The van der Waals surface area contributed by atoms with Crippen molar-refractivity contribution in [3.05, 3.63) is 39.9 Å². The largest absolute Gasteiger partial charge is 0.493 e. The molecule has 0 radical (unpaired) electrons. The van der Waals surface area contributed by atoms with Crippen molar-refractivity contribution in [1.29, 1.82) is 10.5 Å². The summed E-state index contributed by atoms with van der Waals surface area (Å²) in [6.07, 6.45) is 0. The van der Waals surface area contributed by atoms with Crippen LogP contribution in [-0.4, -0.2) is 24.2 Å². The van der Waals surface area contributed by atoms with Crippen LogP contribution in [0.1, 0.15) is 16.7 Å². The van der Waals surface area contributed by atoms with Gasteiger partial charge in [-0.3, -0.25) is 0 Å². The Hall–Kier alpha value is -2.78. The molecule has 2 heterocycles. The molecule has 118 valence electrons. The molecule has 2 aromatic rings. The number of nitriles is 2. The highest BCUT2D eigenvalue weighted by Gasteiger charge is 2.30. The van der Waals surface area contributed by atoms with Crippen molar-refractivity contribution in [2.24, 2.45) is 0 Å². The van der Waals surface area contributed by atoms with Crippen LogP contribution in [-0.2, 0) is 11.3 Å². The summed E-state index contributed by atoms with van der Waals surface area (Å²) in [4.78, 5) is 4.05. The Bertz CT molecular complexity index is 907. The van der Waals surface area contributed by atoms with Crippen molar-refractivity contribution in [2.75, 3.05) is 7.11 Å². The maximum atomic E-state index is 9.70. The van der Waals surface area contributed by atoms with Gasteiger partial charge in [0.05, 0.1) is 13.7 Å². The van der Waals surface area contributed by atoms with E-state index in [0.29, 0.717) is 16.8 Å². The van der Waals surface area contributed by atoms with Crippen molar-refractivity contribution < 1.29 is 19.2 Å². The maximum Gasteiger partial charge on any atom is 0.493 e. The van der Waals surface area contributed by atoms with Crippen LogP contribution in [0.15, 0.2) is 18.2 Å². The van der Waals surface area contributed by atoms with Gasteiger partial charge in [-0.2, -0.15) is 15.5 Å². The van der Waals surface area contributed by atoms with Gasteiger partial charge in [0.2, 0.25) is 11.8 Å². The van der Waals surface area contributed by atoms with Gasteiger partial charge in [0, 0.05) is 10.5 Å². The third-order valence-electron chi connectivity index (χ3n) is 3.43. The first kappa shape index (κ1) is 16.1. The second-order valence-corrected chi connectivity index (χ2v) is 5.27. The smallest absolute Gasteiger partial charge is 0.480 e. The van der Waals surface area contributed by atoms with Gasteiger partial charge in [-0.05, 0) is 23.8 Å². The van der Waals surface area contributed by atoms with E-state index in [1.807, 2.05) is 12.1 Å². The molecule has 0 bridgehead atoms. The van der Waals surface area contributed by atoms with Gasteiger partial charge < -0.3 is 19.2 Å². The summed E-state index contributed by atoms with van der Waals surface area (Å²) in [5.74, 6) is 0.369. The summed E-state index contributed by atoms with van der Waals surface area (Å²) in [5, 5.41) is 28.3. The number of rotatable bonds is 3. The summed E-state index contributed by atoms with van der Waals surface area (Å²) < 4.78 is 15.8.